The summed E-state index contributed by atoms with van der Waals surface area (Å²) in [5.74, 6) is 2.10. The molecule has 2 rings (SSSR count). The Morgan fingerprint density at radius 3 is 2.20 bits per heavy atom. The van der Waals surface area contributed by atoms with Gasteiger partial charge in [-0.1, -0.05) is 52.0 Å². The number of likely N-dealkylation sites (tertiary alicyclic amines) is 1. The maximum atomic E-state index is 10.4. The summed E-state index contributed by atoms with van der Waals surface area (Å²) < 4.78 is 0. The fraction of sp³-hybridized carbons (Fsp3) is 0.667. The average Bonchev–Trinajstić information content (AvgIpc) is 2.87. The summed E-state index contributed by atoms with van der Waals surface area (Å²) in [6.45, 7) is 12.0. The van der Waals surface area contributed by atoms with E-state index in [9.17, 15) is 5.11 Å². The highest BCUT2D eigenvalue weighted by Crippen LogP contribution is 2.26. The Hall–Kier alpha value is -0.860. The number of β-amino-alcohol motifs (C(OH)–C–C–N with tert-alkyl or cyclic N) is 1. The fourth-order valence-electron chi connectivity index (χ4n) is 3.03. The molecule has 0 aliphatic carbocycles. The molecule has 112 valence electrons. The second-order valence-corrected chi connectivity index (χ2v) is 6.89. The minimum Gasteiger partial charge on any atom is -0.387 e. The standard InChI is InChI=1S/C18H29NO/c1-13(2)15-5-7-16(8-6-15)18(20)12-19-10-9-17(11-19)14(3)4/h5-8,13-14,17-18,20H,9-12H2,1-4H3. The van der Waals surface area contributed by atoms with Crippen molar-refractivity contribution in [3.8, 4) is 0 Å². The molecule has 1 aromatic rings. The van der Waals surface area contributed by atoms with Gasteiger partial charge in [0, 0.05) is 13.1 Å². The zero-order valence-corrected chi connectivity index (χ0v) is 13.3. The van der Waals surface area contributed by atoms with Crippen LogP contribution in [0.1, 0.15) is 57.3 Å². The highest BCUT2D eigenvalue weighted by molar-refractivity contribution is 5.26. The van der Waals surface area contributed by atoms with Crippen LogP contribution in [0.4, 0.5) is 0 Å². The third-order valence-corrected chi connectivity index (χ3v) is 4.67. The van der Waals surface area contributed by atoms with Crippen LogP contribution in [0.5, 0.6) is 0 Å². The monoisotopic (exact) mass is 275 g/mol. The van der Waals surface area contributed by atoms with Gasteiger partial charge < -0.3 is 10.0 Å². The van der Waals surface area contributed by atoms with E-state index in [1.807, 2.05) is 0 Å². The maximum Gasteiger partial charge on any atom is 0.0916 e. The van der Waals surface area contributed by atoms with Crippen LogP contribution in [-0.2, 0) is 0 Å². The molecule has 1 aromatic carbocycles. The smallest absolute Gasteiger partial charge is 0.0916 e. The summed E-state index contributed by atoms with van der Waals surface area (Å²) in [5.41, 5.74) is 2.38. The Labute approximate surface area is 123 Å². The predicted octanol–water partition coefficient (Wildman–Crippen LogP) is 3.82. The number of nitrogens with zero attached hydrogens (tertiary/aromatic N) is 1. The number of hydrogen-bond acceptors (Lipinski definition) is 2. The topological polar surface area (TPSA) is 23.5 Å². The maximum absolute atomic E-state index is 10.4. The highest BCUT2D eigenvalue weighted by atomic mass is 16.3. The Kier molecular flexibility index (Phi) is 5.22. The van der Waals surface area contributed by atoms with Gasteiger partial charge >= 0.3 is 0 Å². The van der Waals surface area contributed by atoms with E-state index in [1.54, 1.807) is 0 Å². The molecule has 2 atom stereocenters. The Morgan fingerprint density at radius 2 is 1.70 bits per heavy atom. The number of aliphatic hydroxyl groups excluding tert-OH is 1. The molecule has 1 heterocycles. The predicted molar refractivity (Wildman–Crippen MR) is 84.9 cm³/mol. The molecule has 0 aromatic heterocycles. The molecular formula is C18H29NO. The molecule has 0 amide bonds. The van der Waals surface area contributed by atoms with E-state index < -0.39 is 0 Å². The first-order valence-electron chi connectivity index (χ1n) is 7.97. The van der Waals surface area contributed by atoms with E-state index in [4.69, 9.17) is 0 Å². The first kappa shape index (κ1) is 15.5. The minimum atomic E-state index is -0.359. The minimum absolute atomic E-state index is 0.359. The Balaban J connectivity index is 1.90. The van der Waals surface area contributed by atoms with Crippen LogP contribution in [0.25, 0.3) is 0 Å². The van der Waals surface area contributed by atoms with Crippen LogP contribution in [0.3, 0.4) is 0 Å². The summed E-state index contributed by atoms with van der Waals surface area (Å²) >= 11 is 0. The molecular weight excluding hydrogens is 246 g/mol. The van der Waals surface area contributed by atoms with Gasteiger partial charge in [0.25, 0.3) is 0 Å². The van der Waals surface area contributed by atoms with Crippen molar-refractivity contribution in [3.05, 3.63) is 35.4 Å². The van der Waals surface area contributed by atoms with Crippen molar-refractivity contribution in [1.29, 1.82) is 0 Å². The summed E-state index contributed by atoms with van der Waals surface area (Å²) in [6, 6.07) is 8.44. The summed E-state index contributed by atoms with van der Waals surface area (Å²) in [6.07, 6.45) is 0.915. The zero-order chi connectivity index (χ0) is 14.7. The third kappa shape index (κ3) is 3.83. The van der Waals surface area contributed by atoms with Crippen molar-refractivity contribution in [1.82, 2.24) is 4.90 Å². The summed E-state index contributed by atoms with van der Waals surface area (Å²) in [7, 11) is 0. The third-order valence-electron chi connectivity index (χ3n) is 4.67. The molecule has 0 spiro atoms. The molecule has 2 unspecified atom stereocenters. The van der Waals surface area contributed by atoms with Crippen LogP contribution < -0.4 is 0 Å². The molecule has 1 aliphatic heterocycles. The summed E-state index contributed by atoms with van der Waals surface area (Å²) in [4.78, 5) is 2.41. The Bertz CT molecular complexity index is 410. The lowest BCUT2D eigenvalue weighted by Crippen LogP contribution is -2.27. The highest BCUT2D eigenvalue weighted by Gasteiger charge is 2.26. The van der Waals surface area contributed by atoms with Crippen LogP contribution in [-0.4, -0.2) is 29.6 Å². The van der Waals surface area contributed by atoms with Gasteiger partial charge in [-0.25, -0.2) is 0 Å². The molecule has 1 fully saturated rings. The lowest BCUT2D eigenvalue weighted by molar-refractivity contribution is 0.123. The molecule has 20 heavy (non-hydrogen) atoms. The molecule has 1 saturated heterocycles. The molecule has 1 aliphatic rings. The van der Waals surface area contributed by atoms with Crippen LogP contribution in [0.2, 0.25) is 0 Å². The van der Waals surface area contributed by atoms with Crippen molar-refractivity contribution in [2.75, 3.05) is 19.6 Å². The number of rotatable bonds is 5. The van der Waals surface area contributed by atoms with Gasteiger partial charge in [0.15, 0.2) is 0 Å². The SMILES string of the molecule is CC(C)c1ccc(C(O)CN2CCC(C(C)C)C2)cc1. The quantitative estimate of drug-likeness (QED) is 0.883. The summed E-state index contributed by atoms with van der Waals surface area (Å²) in [5, 5.41) is 10.4. The van der Waals surface area contributed by atoms with Crippen molar-refractivity contribution < 1.29 is 5.11 Å². The zero-order valence-electron chi connectivity index (χ0n) is 13.3. The van der Waals surface area contributed by atoms with E-state index in [0.29, 0.717) is 5.92 Å². The van der Waals surface area contributed by atoms with E-state index in [-0.39, 0.29) is 6.10 Å². The second-order valence-electron chi connectivity index (χ2n) is 6.89. The number of aliphatic hydroxyl groups is 1. The van der Waals surface area contributed by atoms with Crippen LogP contribution in [0.15, 0.2) is 24.3 Å². The molecule has 0 saturated carbocycles. The van der Waals surface area contributed by atoms with Crippen LogP contribution >= 0.6 is 0 Å². The van der Waals surface area contributed by atoms with Crippen molar-refractivity contribution in [2.45, 2.75) is 46.1 Å². The van der Waals surface area contributed by atoms with Crippen LogP contribution in [0, 0.1) is 11.8 Å². The lowest BCUT2D eigenvalue weighted by Gasteiger charge is -2.21. The molecule has 0 radical (unpaired) electrons. The average molecular weight is 275 g/mol. The normalized spacial score (nSPS) is 21.9. The van der Waals surface area contributed by atoms with Crippen molar-refractivity contribution >= 4 is 0 Å². The van der Waals surface area contributed by atoms with Gasteiger partial charge in [0.2, 0.25) is 0 Å². The second kappa shape index (κ2) is 6.73. The lowest BCUT2D eigenvalue weighted by atomic mass is 9.95. The van der Waals surface area contributed by atoms with E-state index in [2.05, 4.69) is 56.9 Å². The molecule has 2 nitrogen and oxygen atoms in total. The largest absolute Gasteiger partial charge is 0.387 e. The van der Waals surface area contributed by atoms with Gasteiger partial charge in [-0.3, -0.25) is 0 Å². The molecule has 2 heteroatoms. The van der Waals surface area contributed by atoms with Crippen molar-refractivity contribution in [2.24, 2.45) is 11.8 Å². The number of benzene rings is 1. The molecule has 1 N–H and O–H groups in total. The Morgan fingerprint density at radius 1 is 1.10 bits per heavy atom. The van der Waals surface area contributed by atoms with Gasteiger partial charge in [-0.15, -0.1) is 0 Å². The van der Waals surface area contributed by atoms with Gasteiger partial charge in [-0.05, 0) is 41.8 Å². The fourth-order valence-corrected chi connectivity index (χ4v) is 3.03. The van der Waals surface area contributed by atoms with Gasteiger partial charge in [0.05, 0.1) is 6.10 Å². The van der Waals surface area contributed by atoms with E-state index >= 15 is 0 Å². The van der Waals surface area contributed by atoms with Gasteiger partial charge in [-0.2, -0.15) is 0 Å². The first-order valence-corrected chi connectivity index (χ1v) is 7.97. The first-order chi connectivity index (χ1) is 9.47. The molecule has 0 bridgehead atoms. The van der Waals surface area contributed by atoms with E-state index in [0.717, 1.165) is 37.0 Å². The van der Waals surface area contributed by atoms with Crippen molar-refractivity contribution in [3.63, 3.8) is 0 Å². The van der Waals surface area contributed by atoms with E-state index in [1.165, 1.54) is 12.0 Å². The van der Waals surface area contributed by atoms with Gasteiger partial charge in [0.1, 0.15) is 0 Å². The number of hydrogen-bond donors (Lipinski definition) is 1.